The summed E-state index contributed by atoms with van der Waals surface area (Å²) in [6.07, 6.45) is 5.13. The summed E-state index contributed by atoms with van der Waals surface area (Å²) < 4.78 is 0. The lowest BCUT2D eigenvalue weighted by atomic mass is 10.2. The lowest BCUT2D eigenvalue weighted by Crippen LogP contribution is -2.25. The first-order valence-electron chi connectivity index (χ1n) is 7.96. The molecule has 0 fully saturated rings. The first-order chi connectivity index (χ1) is 11.2. The second kappa shape index (κ2) is 8.82. The van der Waals surface area contributed by atoms with Crippen LogP contribution in [0.2, 0.25) is 0 Å². The van der Waals surface area contributed by atoms with Crippen LogP contribution in [0.3, 0.4) is 0 Å². The summed E-state index contributed by atoms with van der Waals surface area (Å²) >= 11 is 0. The monoisotopic (exact) mass is 313 g/mol. The van der Waals surface area contributed by atoms with Crippen molar-refractivity contribution in [1.82, 2.24) is 20.3 Å². The van der Waals surface area contributed by atoms with Gasteiger partial charge in [-0.05, 0) is 25.5 Å². The van der Waals surface area contributed by atoms with Gasteiger partial charge in [0, 0.05) is 18.8 Å². The van der Waals surface area contributed by atoms with Crippen LogP contribution < -0.4 is 10.6 Å². The first kappa shape index (κ1) is 16.9. The third-order valence-corrected chi connectivity index (χ3v) is 3.31. The molecular formula is C17H23N5O. The largest absolute Gasteiger partial charge is 0.370 e. The lowest BCUT2D eigenvalue weighted by Gasteiger charge is -2.09. The number of carbonyl (C=O) groups excluding carboxylic acids is 1. The molecule has 0 spiro atoms. The molecule has 2 aromatic heterocycles. The van der Waals surface area contributed by atoms with Crippen molar-refractivity contribution in [2.24, 2.45) is 0 Å². The predicted octanol–water partition coefficient (Wildman–Crippen LogP) is 2.71. The Balaban J connectivity index is 1.95. The number of pyridine rings is 1. The van der Waals surface area contributed by atoms with Crippen molar-refractivity contribution in [3.63, 3.8) is 0 Å². The van der Waals surface area contributed by atoms with E-state index in [1.807, 2.05) is 18.2 Å². The number of aryl methyl sites for hydroxylation is 1. The van der Waals surface area contributed by atoms with Crippen LogP contribution in [0.15, 0.2) is 30.5 Å². The topological polar surface area (TPSA) is 79.8 Å². The van der Waals surface area contributed by atoms with Crippen molar-refractivity contribution in [3.8, 4) is 0 Å². The molecule has 0 unspecified atom stereocenters. The van der Waals surface area contributed by atoms with Gasteiger partial charge < -0.3 is 10.6 Å². The maximum absolute atomic E-state index is 12.2. The number of hydrogen-bond donors (Lipinski definition) is 2. The Kier molecular flexibility index (Phi) is 6.47. The number of hydrogen-bond acceptors (Lipinski definition) is 5. The zero-order valence-corrected chi connectivity index (χ0v) is 13.7. The Labute approximate surface area is 136 Å². The van der Waals surface area contributed by atoms with Gasteiger partial charge in [0.25, 0.3) is 5.91 Å². The normalized spacial score (nSPS) is 10.3. The molecule has 23 heavy (non-hydrogen) atoms. The van der Waals surface area contributed by atoms with Crippen molar-refractivity contribution < 1.29 is 4.79 Å². The molecule has 2 aromatic rings. The van der Waals surface area contributed by atoms with Crippen molar-refractivity contribution in [1.29, 1.82) is 0 Å². The zero-order chi connectivity index (χ0) is 16.5. The van der Waals surface area contributed by atoms with Gasteiger partial charge in [0.2, 0.25) is 0 Å². The average Bonchev–Trinajstić information content (AvgIpc) is 2.57. The van der Waals surface area contributed by atoms with Gasteiger partial charge in [0.15, 0.2) is 0 Å². The number of nitrogens with one attached hydrogen (secondary N) is 2. The summed E-state index contributed by atoms with van der Waals surface area (Å²) in [5.41, 5.74) is 1.18. The average molecular weight is 313 g/mol. The minimum Gasteiger partial charge on any atom is -0.370 e. The number of rotatable bonds is 8. The summed E-state index contributed by atoms with van der Waals surface area (Å²) in [4.78, 5) is 24.9. The van der Waals surface area contributed by atoms with Gasteiger partial charge in [-0.15, -0.1) is 0 Å². The van der Waals surface area contributed by atoms with Crippen LogP contribution in [-0.2, 0) is 6.54 Å². The third kappa shape index (κ3) is 5.65. The molecule has 0 saturated heterocycles. The molecule has 0 bridgehead atoms. The summed E-state index contributed by atoms with van der Waals surface area (Å²) in [6, 6.07) is 7.29. The quantitative estimate of drug-likeness (QED) is 0.733. The number of carbonyl (C=O) groups is 1. The van der Waals surface area contributed by atoms with Gasteiger partial charge in [-0.3, -0.25) is 9.78 Å². The minimum absolute atomic E-state index is 0.224. The van der Waals surface area contributed by atoms with E-state index in [2.05, 4.69) is 32.5 Å². The molecule has 2 N–H and O–H groups in total. The van der Waals surface area contributed by atoms with Crippen LogP contribution >= 0.6 is 0 Å². The standard InChI is InChI=1S/C17H23N5O/c1-3-4-6-10-19-16-11-15(21-13(2)22-16)17(23)20-12-14-8-5-7-9-18-14/h5,7-9,11H,3-4,6,10,12H2,1-2H3,(H,20,23)(H,19,21,22). The molecule has 0 aliphatic heterocycles. The summed E-state index contributed by atoms with van der Waals surface area (Å²) in [5.74, 6) is 1.04. The highest BCUT2D eigenvalue weighted by Gasteiger charge is 2.10. The number of amides is 1. The molecule has 0 atom stereocenters. The van der Waals surface area contributed by atoms with Crippen molar-refractivity contribution in [2.75, 3.05) is 11.9 Å². The van der Waals surface area contributed by atoms with E-state index in [4.69, 9.17) is 0 Å². The van der Waals surface area contributed by atoms with Crippen LogP contribution in [0.1, 0.15) is 48.2 Å². The van der Waals surface area contributed by atoms with Crippen LogP contribution in [0.4, 0.5) is 5.82 Å². The number of unbranched alkanes of at least 4 members (excludes halogenated alkanes) is 2. The second-order valence-electron chi connectivity index (χ2n) is 5.32. The zero-order valence-electron chi connectivity index (χ0n) is 13.7. The highest BCUT2D eigenvalue weighted by atomic mass is 16.1. The van der Waals surface area contributed by atoms with Gasteiger partial charge in [0.1, 0.15) is 17.3 Å². The van der Waals surface area contributed by atoms with E-state index in [9.17, 15) is 4.79 Å². The molecule has 2 heterocycles. The van der Waals surface area contributed by atoms with E-state index < -0.39 is 0 Å². The van der Waals surface area contributed by atoms with Crippen LogP contribution in [0.5, 0.6) is 0 Å². The predicted molar refractivity (Wildman–Crippen MR) is 90.2 cm³/mol. The molecule has 0 aromatic carbocycles. The molecule has 0 radical (unpaired) electrons. The van der Waals surface area contributed by atoms with E-state index in [0.29, 0.717) is 23.9 Å². The highest BCUT2D eigenvalue weighted by molar-refractivity contribution is 5.92. The Morgan fingerprint density at radius 1 is 1.22 bits per heavy atom. The minimum atomic E-state index is -0.224. The molecule has 1 amide bonds. The molecular weight excluding hydrogens is 290 g/mol. The first-order valence-corrected chi connectivity index (χ1v) is 7.96. The Morgan fingerprint density at radius 2 is 2.09 bits per heavy atom. The van der Waals surface area contributed by atoms with Gasteiger partial charge in [0.05, 0.1) is 12.2 Å². The molecule has 6 heteroatoms. The fourth-order valence-corrected chi connectivity index (χ4v) is 2.13. The molecule has 6 nitrogen and oxygen atoms in total. The molecule has 0 saturated carbocycles. The number of nitrogens with zero attached hydrogens (tertiary/aromatic N) is 3. The summed E-state index contributed by atoms with van der Waals surface area (Å²) in [5, 5.41) is 6.07. The van der Waals surface area contributed by atoms with E-state index >= 15 is 0 Å². The molecule has 0 aliphatic rings. The van der Waals surface area contributed by atoms with E-state index in [1.54, 1.807) is 19.2 Å². The van der Waals surface area contributed by atoms with Crippen LogP contribution in [0, 0.1) is 6.92 Å². The summed E-state index contributed by atoms with van der Waals surface area (Å²) in [7, 11) is 0. The molecule has 122 valence electrons. The van der Waals surface area contributed by atoms with Gasteiger partial charge in [-0.2, -0.15) is 0 Å². The van der Waals surface area contributed by atoms with E-state index in [1.165, 1.54) is 12.8 Å². The van der Waals surface area contributed by atoms with Crippen LogP contribution in [-0.4, -0.2) is 27.4 Å². The van der Waals surface area contributed by atoms with Crippen molar-refractivity contribution >= 4 is 11.7 Å². The highest BCUT2D eigenvalue weighted by Crippen LogP contribution is 2.08. The van der Waals surface area contributed by atoms with Crippen molar-refractivity contribution in [2.45, 2.75) is 39.7 Å². The van der Waals surface area contributed by atoms with E-state index in [0.717, 1.165) is 18.7 Å². The molecule has 0 aliphatic carbocycles. The fraction of sp³-hybridized carbons (Fsp3) is 0.412. The van der Waals surface area contributed by atoms with Crippen molar-refractivity contribution in [3.05, 3.63) is 47.7 Å². The Hall–Kier alpha value is -2.50. The fourth-order valence-electron chi connectivity index (χ4n) is 2.13. The van der Waals surface area contributed by atoms with Gasteiger partial charge in [-0.1, -0.05) is 25.8 Å². The Morgan fingerprint density at radius 3 is 2.83 bits per heavy atom. The smallest absolute Gasteiger partial charge is 0.270 e. The van der Waals surface area contributed by atoms with Gasteiger partial charge in [-0.25, -0.2) is 9.97 Å². The summed E-state index contributed by atoms with van der Waals surface area (Å²) in [6.45, 7) is 5.17. The Bertz CT molecular complexity index is 630. The lowest BCUT2D eigenvalue weighted by molar-refractivity contribution is 0.0945. The van der Waals surface area contributed by atoms with E-state index in [-0.39, 0.29) is 5.91 Å². The second-order valence-corrected chi connectivity index (χ2v) is 5.32. The third-order valence-electron chi connectivity index (χ3n) is 3.31. The number of anilines is 1. The van der Waals surface area contributed by atoms with Gasteiger partial charge >= 0.3 is 0 Å². The van der Waals surface area contributed by atoms with Crippen LogP contribution in [0.25, 0.3) is 0 Å². The maximum atomic E-state index is 12.2. The number of aromatic nitrogens is 3. The SMILES string of the molecule is CCCCCNc1cc(C(=O)NCc2ccccn2)nc(C)n1. The maximum Gasteiger partial charge on any atom is 0.270 e. The molecule has 2 rings (SSSR count).